The van der Waals surface area contributed by atoms with Crippen LogP contribution in [0.15, 0.2) is 42.0 Å². The quantitative estimate of drug-likeness (QED) is 0.638. The van der Waals surface area contributed by atoms with Gasteiger partial charge in [-0.15, -0.1) is 6.42 Å². The second kappa shape index (κ2) is 3.99. The summed E-state index contributed by atoms with van der Waals surface area (Å²) in [5, 5.41) is 2.41. The van der Waals surface area contributed by atoms with E-state index in [1.807, 2.05) is 6.08 Å². The first-order valence-electron chi connectivity index (χ1n) is 5.79. The van der Waals surface area contributed by atoms with Crippen molar-refractivity contribution in [2.45, 2.75) is 12.8 Å². The van der Waals surface area contributed by atoms with Crippen LogP contribution in [0.5, 0.6) is 0 Å². The molecule has 3 rings (SSSR count). The SMILES string of the molecule is C#CC1=CC(=c2cc3c([nH]2)=CC=CC3)CC=C1. The van der Waals surface area contributed by atoms with Crippen molar-refractivity contribution in [1.29, 1.82) is 0 Å². The molecule has 1 aromatic heterocycles. The number of aromatic amines is 1. The summed E-state index contributed by atoms with van der Waals surface area (Å²) in [4.78, 5) is 3.46. The molecular weight excluding hydrogens is 206 g/mol. The highest BCUT2D eigenvalue weighted by Crippen LogP contribution is 2.14. The van der Waals surface area contributed by atoms with Gasteiger partial charge >= 0.3 is 0 Å². The number of allylic oxidation sites excluding steroid dienone is 6. The van der Waals surface area contributed by atoms with Crippen LogP contribution in [0.25, 0.3) is 11.6 Å². The molecule has 2 aliphatic rings. The molecule has 0 saturated heterocycles. The maximum atomic E-state index is 5.43. The van der Waals surface area contributed by atoms with Crippen LogP contribution in [0.2, 0.25) is 0 Å². The Morgan fingerprint density at radius 3 is 3.00 bits per heavy atom. The topological polar surface area (TPSA) is 15.8 Å². The highest BCUT2D eigenvalue weighted by atomic mass is 14.7. The fraction of sp³-hybridized carbons (Fsp3) is 0.125. The molecule has 0 fully saturated rings. The largest absolute Gasteiger partial charge is 0.355 e. The summed E-state index contributed by atoms with van der Waals surface area (Å²) in [5.74, 6) is 2.68. The fourth-order valence-electron chi connectivity index (χ4n) is 2.25. The van der Waals surface area contributed by atoms with Gasteiger partial charge in [-0.05, 0) is 42.2 Å². The second-order valence-electron chi connectivity index (χ2n) is 4.30. The highest BCUT2D eigenvalue weighted by molar-refractivity contribution is 5.65. The van der Waals surface area contributed by atoms with Crippen molar-refractivity contribution in [2.75, 3.05) is 0 Å². The minimum absolute atomic E-state index is 0.942. The van der Waals surface area contributed by atoms with Gasteiger partial charge in [0.15, 0.2) is 0 Å². The number of hydrogen-bond acceptors (Lipinski definition) is 0. The lowest BCUT2D eigenvalue weighted by Gasteiger charge is -2.03. The summed E-state index contributed by atoms with van der Waals surface area (Å²) in [7, 11) is 0. The smallest absolute Gasteiger partial charge is 0.0424 e. The Morgan fingerprint density at radius 1 is 1.24 bits per heavy atom. The van der Waals surface area contributed by atoms with Gasteiger partial charge in [-0.25, -0.2) is 0 Å². The lowest BCUT2D eigenvalue weighted by Crippen LogP contribution is -2.14. The third kappa shape index (κ3) is 1.79. The van der Waals surface area contributed by atoms with E-state index in [2.05, 4.69) is 47.4 Å². The predicted molar refractivity (Wildman–Crippen MR) is 71.4 cm³/mol. The normalized spacial score (nSPS) is 20.3. The number of hydrogen-bond donors (Lipinski definition) is 1. The summed E-state index contributed by atoms with van der Waals surface area (Å²) < 4.78 is 0. The molecule has 0 unspecified atom stereocenters. The van der Waals surface area contributed by atoms with Crippen LogP contribution in [-0.2, 0) is 6.42 Å². The molecule has 0 aliphatic heterocycles. The van der Waals surface area contributed by atoms with Crippen molar-refractivity contribution >= 4 is 11.6 Å². The molecule has 0 spiro atoms. The molecule has 0 bridgehead atoms. The Morgan fingerprint density at radius 2 is 2.18 bits per heavy atom. The van der Waals surface area contributed by atoms with Crippen LogP contribution >= 0.6 is 0 Å². The van der Waals surface area contributed by atoms with E-state index in [9.17, 15) is 0 Å². The number of terminal acetylenes is 1. The Balaban J connectivity index is 2.17. The van der Waals surface area contributed by atoms with Gasteiger partial charge in [0.25, 0.3) is 0 Å². The molecule has 2 aliphatic carbocycles. The van der Waals surface area contributed by atoms with Crippen molar-refractivity contribution in [3.8, 4) is 12.3 Å². The maximum absolute atomic E-state index is 5.43. The Hall–Kier alpha value is -2.20. The van der Waals surface area contributed by atoms with E-state index in [1.165, 1.54) is 21.8 Å². The van der Waals surface area contributed by atoms with Crippen molar-refractivity contribution in [1.82, 2.24) is 4.98 Å². The van der Waals surface area contributed by atoms with Crippen molar-refractivity contribution in [2.24, 2.45) is 0 Å². The Labute approximate surface area is 101 Å². The van der Waals surface area contributed by atoms with Crippen LogP contribution in [0.1, 0.15) is 12.0 Å². The molecule has 0 aromatic carbocycles. The fourth-order valence-corrected chi connectivity index (χ4v) is 2.25. The molecule has 1 heteroatoms. The van der Waals surface area contributed by atoms with Gasteiger partial charge in [0, 0.05) is 16.3 Å². The molecule has 82 valence electrons. The monoisotopic (exact) mass is 219 g/mol. The zero-order chi connectivity index (χ0) is 11.7. The summed E-state index contributed by atoms with van der Waals surface area (Å²) in [5.41, 5.74) is 3.57. The van der Waals surface area contributed by atoms with E-state index in [1.54, 1.807) is 0 Å². The summed E-state index contributed by atoms with van der Waals surface area (Å²) in [6.07, 6.45) is 20.0. The van der Waals surface area contributed by atoms with Crippen LogP contribution in [0.3, 0.4) is 0 Å². The minimum atomic E-state index is 0.942. The first-order chi connectivity index (χ1) is 8.36. The highest BCUT2D eigenvalue weighted by Gasteiger charge is 2.04. The molecule has 1 heterocycles. The molecule has 1 nitrogen and oxygen atoms in total. The minimum Gasteiger partial charge on any atom is -0.355 e. The first kappa shape index (κ1) is 9.99. The van der Waals surface area contributed by atoms with Crippen molar-refractivity contribution < 1.29 is 0 Å². The first-order valence-corrected chi connectivity index (χ1v) is 5.79. The third-order valence-electron chi connectivity index (χ3n) is 3.15. The Kier molecular flexibility index (Phi) is 2.34. The van der Waals surface area contributed by atoms with Gasteiger partial charge in [0.1, 0.15) is 0 Å². The van der Waals surface area contributed by atoms with Crippen LogP contribution < -0.4 is 10.7 Å². The van der Waals surface area contributed by atoms with Crippen LogP contribution in [0.4, 0.5) is 0 Å². The van der Waals surface area contributed by atoms with Crippen LogP contribution in [-0.4, -0.2) is 4.98 Å². The van der Waals surface area contributed by atoms with Gasteiger partial charge in [0.2, 0.25) is 0 Å². The average Bonchev–Trinajstić information content (AvgIpc) is 2.82. The molecule has 17 heavy (non-hydrogen) atoms. The van der Waals surface area contributed by atoms with Crippen molar-refractivity contribution in [3.63, 3.8) is 0 Å². The molecule has 0 amide bonds. The van der Waals surface area contributed by atoms with Gasteiger partial charge in [0.05, 0.1) is 0 Å². The third-order valence-corrected chi connectivity index (χ3v) is 3.15. The van der Waals surface area contributed by atoms with Gasteiger partial charge in [-0.3, -0.25) is 0 Å². The standard InChI is InChI=1S/C16H13N/c1-2-12-6-5-8-13(10-12)16-11-14-7-3-4-9-15(14)17-16/h1,3-6,9-11,17H,7-8H2. The summed E-state index contributed by atoms with van der Waals surface area (Å²) >= 11 is 0. The zero-order valence-corrected chi connectivity index (χ0v) is 9.53. The lowest BCUT2D eigenvalue weighted by atomic mass is 10.0. The van der Waals surface area contributed by atoms with E-state index < -0.39 is 0 Å². The van der Waals surface area contributed by atoms with E-state index in [-0.39, 0.29) is 0 Å². The summed E-state index contributed by atoms with van der Waals surface area (Å²) in [6.45, 7) is 0. The summed E-state index contributed by atoms with van der Waals surface area (Å²) in [6, 6.07) is 2.23. The number of aromatic nitrogens is 1. The van der Waals surface area contributed by atoms with E-state index >= 15 is 0 Å². The van der Waals surface area contributed by atoms with E-state index in [0.717, 1.165) is 18.4 Å². The molecule has 1 N–H and O–H groups in total. The van der Waals surface area contributed by atoms with Crippen LogP contribution in [0, 0.1) is 12.3 Å². The van der Waals surface area contributed by atoms with Gasteiger partial charge in [-0.1, -0.05) is 30.2 Å². The van der Waals surface area contributed by atoms with Gasteiger partial charge < -0.3 is 4.98 Å². The zero-order valence-electron chi connectivity index (χ0n) is 9.53. The average molecular weight is 219 g/mol. The predicted octanol–water partition coefficient (Wildman–Crippen LogP) is 1.58. The second-order valence-corrected chi connectivity index (χ2v) is 4.30. The number of nitrogens with one attached hydrogen (secondary N) is 1. The number of H-pyrrole nitrogens is 1. The number of rotatable bonds is 0. The molecule has 0 radical (unpaired) electrons. The van der Waals surface area contributed by atoms with Gasteiger partial charge in [-0.2, -0.15) is 0 Å². The molecule has 0 atom stereocenters. The van der Waals surface area contributed by atoms with E-state index in [4.69, 9.17) is 6.42 Å². The number of fused-ring (bicyclic) bond motifs is 1. The lowest BCUT2D eigenvalue weighted by molar-refractivity contribution is 1.18. The Bertz CT molecular complexity index is 700. The molecular formula is C16H13N. The molecule has 0 saturated carbocycles. The van der Waals surface area contributed by atoms with Crippen molar-refractivity contribution in [3.05, 3.63) is 58.3 Å². The molecule has 1 aromatic rings. The van der Waals surface area contributed by atoms with E-state index in [0.29, 0.717) is 0 Å². The maximum Gasteiger partial charge on any atom is 0.0424 e.